The number of hydrogen-bond donors (Lipinski definition) is 0. The lowest BCUT2D eigenvalue weighted by Crippen LogP contribution is -2.29. The Bertz CT molecular complexity index is 691. The highest BCUT2D eigenvalue weighted by Crippen LogP contribution is 2.54. The molecule has 0 spiro atoms. The van der Waals surface area contributed by atoms with Crippen LogP contribution in [0.1, 0.15) is 41.5 Å². The Morgan fingerprint density at radius 1 is 1.00 bits per heavy atom. The first-order chi connectivity index (χ1) is 12.5. The van der Waals surface area contributed by atoms with E-state index in [2.05, 4.69) is 0 Å². The van der Waals surface area contributed by atoms with Crippen molar-refractivity contribution < 1.29 is 28.2 Å². The van der Waals surface area contributed by atoms with E-state index in [1.807, 2.05) is 0 Å². The van der Waals surface area contributed by atoms with E-state index in [0.29, 0.717) is 24.3 Å². The van der Waals surface area contributed by atoms with E-state index in [0.717, 1.165) is 4.90 Å². The van der Waals surface area contributed by atoms with Gasteiger partial charge in [0.2, 0.25) is 6.03 Å². The van der Waals surface area contributed by atoms with Crippen molar-refractivity contribution in [2.75, 3.05) is 26.4 Å². The fraction of sp³-hybridized carbons (Fsp3) is 0.444. The van der Waals surface area contributed by atoms with Crippen LogP contribution in [0.2, 0.25) is 0 Å². The average Bonchev–Trinajstić information content (AvgIpc) is 2.87. The number of fused-ring (bicyclic) bond motifs is 1. The van der Waals surface area contributed by atoms with Crippen molar-refractivity contribution in [2.24, 2.45) is 0 Å². The van der Waals surface area contributed by atoms with Crippen LogP contribution in [0.25, 0.3) is 0 Å². The van der Waals surface area contributed by atoms with E-state index in [4.69, 9.17) is 14.0 Å². The van der Waals surface area contributed by atoms with Gasteiger partial charge in [-0.25, -0.2) is 0 Å². The van der Waals surface area contributed by atoms with Crippen molar-refractivity contribution in [1.29, 1.82) is 0 Å². The molecule has 0 radical (unpaired) electrons. The summed E-state index contributed by atoms with van der Waals surface area (Å²) in [4.78, 5) is 25.8. The fourth-order valence-corrected chi connectivity index (χ4v) is 4.48. The smallest absolute Gasteiger partial charge is 0.279 e. The van der Waals surface area contributed by atoms with E-state index in [9.17, 15) is 14.2 Å². The number of rotatable bonds is 10. The topological polar surface area (TPSA) is 82.1 Å². The molecule has 2 amide bonds. The Balaban J connectivity index is 2.15. The summed E-state index contributed by atoms with van der Waals surface area (Å²) in [5.41, 5.74) is 0.751. The molecule has 0 bridgehead atoms. The normalized spacial score (nSPS) is 16.5. The van der Waals surface area contributed by atoms with Crippen LogP contribution in [0.5, 0.6) is 0 Å². The maximum absolute atomic E-state index is 13.1. The van der Waals surface area contributed by atoms with Gasteiger partial charge in [0.15, 0.2) is 0 Å². The molecule has 0 saturated carbocycles. The van der Waals surface area contributed by atoms with E-state index in [1.54, 1.807) is 45.0 Å². The minimum Gasteiger partial charge on any atom is -0.344 e. The summed E-state index contributed by atoms with van der Waals surface area (Å²) < 4.78 is 29.3. The maximum atomic E-state index is 13.1. The Kier molecular flexibility index (Phi) is 7.29. The molecule has 0 aliphatic carbocycles. The Labute approximate surface area is 153 Å². The molecule has 1 aliphatic rings. The average molecular weight is 381 g/mol. The van der Waals surface area contributed by atoms with Gasteiger partial charge in [0.05, 0.1) is 17.7 Å². The third kappa shape index (κ3) is 4.30. The predicted molar refractivity (Wildman–Crippen MR) is 97.2 cm³/mol. The highest BCUT2D eigenvalue weighted by atomic mass is 31.2. The molecule has 7 nitrogen and oxygen atoms in total. The standard InChI is InChI=1S/C18H24NO6P/c1-4-23-18(24-5-2)26(22,25-6-3)13-9-12-19-16(20)14-10-7-8-11-15(14)17(19)21/h7-11,13,18H,4-6,12H2,1-3H3/b13-9+. The van der Waals surface area contributed by atoms with Crippen LogP contribution in [0.15, 0.2) is 36.2 Å². The molecule has 1 aromatic rings. The molecule has 1 atom stereocenters. The number of amides is 2. The third-order valence-electron chi connectivity index (χ3n) is 3.72. The van der Waals surface area contributed by atoms with Gasteiger partial charge in [-0.05, 0) is 32.9 Å². The Morgan fingerprint density at radius 2 is 1.54 bits per heavy atom. The van der Waals surface area contributed by atoms with Crippen LogP contribution < -0.4 is 0 Å². The summed E-state index contributed by atoms with van der Waals surface area (Å²) in [7, 11) is -3.41. The van der Waals surface area contributed by atoms with Crippen LogP contribution in [-0.2, 0) is 18.6 Å². The summed E-state index contributed by atoms with van der Waals surface area (Å²) in [6, 6.07) is 5.63. The first kappa shape index (κ1) is 20.5. The zero-order chi connectivity index (χ0) is 19.2. The molecule has 0 N–H and O–H groups in total. The quantitative estimate of drug-likeness (QED) is 0.351. The largest absolute Gasteiger partial charge is 0.344 e. The highest BCUT2D eigenvalue weighted by molar-refractivity contribution is 7.62. The monoisotopic (exact) mass is 381 g/mol. The SMILES string of the molecule is CCOC(OCC)P(=O)(/C=C/CN1C(=O)c2ccccc2C1=O)OCC. The maximum Gasteiger partial charge on any atom is 0.279 e. The first-order valence-corrected chi connectivity index (χ1v) is 10.3. The molecule has 1 unspecified atom stereocenters. The van der Waals surface area contributed by atoms with E-state index >= 15 is 0 Å². The van der Waals surface area contributed by atoms with Gasteiger partial charge < -0.3 is 14.0 Å². The number of carbonyl (C=O) groups is 2. The number of hydrogen-bond acceptors (Lipinski definition) is 6. The molecular formula is C18H24NO6P. The lowest BCUT2D eigenvalue weighted by atomic mass is 10.1. The Hall–Kier alpha value is -1.79. The number of ether oxygens (including phenoxy) is 2. The van der Waals surface area contributed by atoms with Gasteiger partial charge in [-0.1, -0.05) is 18.2 Å². The zero-order valence-electron chi connectivity index (χ0n) is 15.2. The zero-order valence-corrected chi connectivity index (χ0v) is 16.1. The highest BCUT2D eigenvalue weighted by Gasteiger charge is 2.36. The molecule has 0 saturated heterocycles. The van der Waals surface area contributed by atoms with Crippen LogP contribution >= 0.6 is 7.37 Å². The third-order valence-corrected chi connectivity index (χ3v) is 5.90. The second kappa shape index (κ2) is 9.24. The molecule has 1 aliphatic heterocycles. The van der Waals surface area contributed by atoms with Crippen molar-refractivity contribution in [1.82, 2.24) is 4.90 Å². The van der Waals surface area contributed by atoms with Crippen molar-refractivity contribution in [3.63, 3.8) is 0 Å². The number of benzene rings is 1. The summed E-state index contributed by atoms with van der Waals surface area (Å²) in [5.74, 6) is 0.621. The number of nitrogens with zero attached hydrogens (tertiary/aromatic N) is 1. The van der Waals surface area contributed by atoms with E-state index < -0.39 is 13.4 Å². The van der Waals surface area contributed by atoms with Crippen molar-refractivity contribution >= 4 is 19.2 Å². The van der Waals surface area contributed by atoms with Crippen LogP contribution in [0, 0.1) is 0 Å². The van der Waals surface area contributed by atoms with Gasteiger partial charge >= 0.3 is 0 Å². The minimum absolute atomic E-state index is 0.00557. The molecule has 1 heterocycles. The second-order valence-electron chi connectivity index (χ2n) is 5.43. The molecule has 1 aromatic carbocycles. The predicted octanol–water partition coefficient (Wildman–Crippen LogP) is 3.47. The van der Waals surface area contributed by atoms with E-state index in [-0.39, 0.29) is 25.0 Å². The lowest BCUT2D eigenvalue weighted by Gasteiger charge is -2.24. The van der Waals surface area contributed by atoms with Gasteiger partial charge in [-0.15, -0.1) is 0 Å². The summed E-state index contributed by atoms with van der Waals surface area (Å²) in [6.45, 7) is 6.09. The summed E-state index contributed by atoms with van der Waals surface area (Å²) >= 11 is 0. The molecule has 142 valence electrons. The van der Waals surface area contributed by atoms with Gasteiger partial charge in [0.1, 0.15) is 0 Å². The van der Waals surface area contributed by atoms with Gasteiger partial charge in [-0.2, -0.15) is 0 Å². The Morgan fingerprint density at radius 3 is 2.00 bits per heavy atom. The lowest BCUT2D eigenvalue weighted by molar-refractivity contribution is -0.0877. The van der Waals surface area contributed by atoms with Crippen LogP contribution in [-0.4, -0.2) is 49.1 Å². The van der Waals surface area contributed by atoms with Gasteiger partial charge in [0.25, 0.3) is 19.2 Å². The van der Waals surface area contributed by atoms with Crippen LogP contribution in [0.4, 0.5) is 0 Å². The van der Waals surface area contributed by atoms with Crippen molar-refractivity contribution in [3.05, 3.63) is 47.3 Å². The molecule has 8 heteroatoms. The fourth-order valence-electron chi connectivity index (χ4n) is 2.62. The van der Waals surface area contributed by atoms with E-state index in [1.165, 1.54) is 11.9 Å². The molecule has 26 heavy (non-hydrogen) atoms. The van der Waals surface area contributed by atoms with Crippen LogP contribution in [0.3, 0.4) is 0 Å². The summed E-state index contributed by atoms with van der Waals surface area (Å²) in [5, 5.41) is 0. The molecule has 2 rings (SSSR count). The first-order valence-electron chi connectivity index (χ1n) is 8.58. The van der Waals surface area contributed by atoms with Crippen molar-refractivity contribution in [2.45, 2.75) is 26.8 Å². The number of carbonyl (C=O) groups excluding carboxylic acids is 2. The molecule has 0 aromatic heterocycles. The van der Waals surface area contributed by atoms with Gasteiger partial charge in [-0.3, -0.25) is 19.1 Å². The molecule has 0 fully saturated rings. The van der Waals surface area contributed by atoms with Gasteiger partial charge in [0, 0.05) is 25.6 Å². The second-order valence-corrected chi connectivity index (χ2v) is 7.70. The minimum atomic E-state index is -3.41. The number of imide groups is 1. The van der Waals surface area contributed by atoms with Crippen molar-refractivity contribution in [3.8, 4) is 0 Å². The molecular weight excluding hydrogens is 357 g/mol. The summed E-state index contributed by atoms with van der Waals surface area (Å²) in [6.07, 6.45) is 1.49.